The first-order valence-electron chi connectivity index (χ1n) is 6.64. The van der Waals surface area contributed by atoms with Gasteiger partial charge in [0.05, 0.1) is 6.61 Å². The quantitative estimate of drug-likeness (QED) is 0.354. The van der Waals surface area contributed by atoms with Gasteiger partial charge in [-0.3, -0.25) is 0 Å². The lowest BCUT2D eigenvalue weighted by Crippen LogP contribution is -1.90. The van der Waals surface area contributed by atoms with E-state index in [2.05, 4.69) is 20.8 Å². The fourth-order valence-electron chi connectivity index (χ4n) is 1.53. The summed E-state index contributed by atoms with van der Waals surface area (Å²) in [4.78, 5) is 0. The molecule has 1 unspecified atom stereocenters. The smallest absolute Gasteiger partial charge is 0.0505 e. The first-order valence-corrected chi connectivity index (χ1v) is 7.63. The van der Waals surface area contributed by atoms with Crippen molar-refractivity contribution < 1.29 is 4.52 Å². The lowest BCUT2D eigenvalue weighted by Gasteiger charge is -2.06. The molecule has 0 amide bonds. The van der Waals surface area contributed by atoms with E-state index in [0.717, 1.165) is 6.61 Å². The largest absolute Gasteiger partial charge is 0.362 e. The van der Waals surface area contributed by atoms with Crippen LogP contribution in [0.25, 0.3) is 0 Å². The van der Waals surface area contributed by atoms with Crippen LogP contribution in [0, 0.1) is 0 Å². The molecule has 0 radical (unpaired) electrons. The van der Waals surface area contributed by atoms with Gasteiger partial charge in [0.2, 0.25) is 0 Å². The van der Waals surface area contributed by atoms with Crippen molar-refractivity contribution in [3.05, 3.63) is 0 Å². The molecule has 1 atom stereocenters. The van der Waals surface area contributed by atoms with Gasteiger partial charge in [0.15, 0.2) is 0 Å². The molecule has 0 rings (SSSR count). The SMILES string of the molecule is CCCCCCCCCCOPC(C)C. The van der Waals surface area contributed by atoms with Crippen LogP contribution in [0.1, 0.15) is 72.1 Å². The molecule has 0 aromatic carbocycles. The first kappa shape index (κ1) is 15.4. The number of hydrogen-bond acceptors (Lipinski definition) is 1. The van der Waals surface area contributed by atoms with Crippen LogP contribution in [-0.4, -0.2) is 12.3 Å². The summed E-state index contributed by atoms with van der Waals surface area (Å²) in [5.41, 5.74) is 0.707. The van der Waals surface area contributed by atoms with Crippen LogP contribution in [0.2, 0.25) is 0 Å². The summed E-state index contributed by atoms with van der Waals surface area (Å²) in [5, 5.41) is 0. The predicted molar refractivity (Wildman–Crippen MR) is 72.0 cm³/mol. The molecule has 1 nitrogen and oxygen atoms in total. The minimum Gasteiger partial charge on any atom is -0.362 e. The summed E-state index contributed by atoms with van der Waals surface area (Å²) in [6.45, 7) is 7.68. The molecule has 0 fully saturated rings. The summed E-state index contributed by atoms with van der Waals surface area (Å²) in [7, 11) is 0.701. The Morgan fingerprint density at radius 3 is 1.93 bits per heavy atom. The van der Waals surface area contributed by atoms with E-state index in [9.17, 15) is 0 Å². The van der Waals surface area contributed by atoms with Crippen LogP contribution in [0.3, 0.4) is 0 Å². The average molecular weight is 232 g/mol. The Morgan fingerprint density at radius 1 is 0.867 bits per heavy atom. The summed E-state index contributed by atoms with van der Waals surface area (Å²) in [6.07, 6.45) is 11.1. The monoisotopic (exact) mass is 232 g/mol. The van der Waals surface area contributed by atoms with E-state index in [1.807, 2.05) is 0 Å². The zero-order chi connectivity index (χ0) is 11.4. The molecule has 15 heavy (non-hydrogen) atoms. The maximum atomic E-state index is 5.57. The molecular formula is C13H29OP. The van der Waals surface area contributed by atoms with Gasteiger partial charge >= 0.3 is 0 Å². The van der Waals surface area contributed by atoms with E-state index in [-0.39, 0.29) is 0 Å². The molecule has 0 saturated carbocycles. The van der Waals surface area contributed by atoms with Gasteiger partial charge in [0.25, 0.3) is 0 Å². The van der Waals surface area contributed by atoms with Crippen LogP contribution >= 0.6 is 8.81 Å². The second-order valence-corrected chi connectivity index (χ2v) is 6.27. The standard InChI is InChI=1S/C13H29OP/c1-4-5-6-7-8-9-10-11-12-14-15-13(2)3/h13,15H,4-12H2,1-3H3. The molecule has 0 bridgehead atoms. The zero-order valence-corrected chi connectivity index (χ0v) is 11.8. The Bertz CT molecular complexity index is 115. The third kappa shape index (κ3) is 14.4. The van der Waals surface area contributed by atoms with Crippen molar-refractivity contribution in [2.45, 2.75) is 77.8 Å². The third-order valence-corrected chi connectivity index (χ3v) is 3.26. The molecule has 0 spiro atoms. The van der Waals surface area contributed by atoms with Gasteiger partial charge < -0.3 is 4.52 Å². The van der Waals surface area contributed by atoms with Crippen molar-refractivity contribution in [2.24, 2.45) is 0 Å². The molecule has 0 heterocycles. The van der Waals surface area contributed by atoms with Gasteiger partial charge in [-0.1, -0.05) is 65.7 Å². The fourth-order valence-corrected chi connectivity index (χ4v) is 2.13. The van der Waals surface area contributed by atoms with Gasteiger partial charge in [0, 0.05) is 8.81 Å². The van der Waals surface area contributed by atoms with E-state index in [1.165, 1.54) is 51.4 Å². The lowest BCUT2D eigenvalue weighted by molar-refractivity contribution is 0.342. The molecule has 0 aliphatic carbocycles. The highest BCUT2D eigenvalue weighted by atomic mass is 31.1. The summed E-state index contributed by atoms with van der Waals surface area (Å²) >= 11 is 0. The molecular weight excluding hydrogens is 203 g/mol. The van der Waals surface area contributed by atoms with E-state index in [4.69, 9.17) is 4.52 Å². The van der Waals surface area contributed by atoms with Crippen molar-refractivity contribution in [3.63, 3.8) is 0 Å². The highest BCUT2D eigenvalue weighted by Crippen LogP contribution is 2.19. The minimum atomic E-state index is 0.701. The molecule has 2 heteroatoms. The Hall–Kier alpha value is 0.390. The van der Waals surface area contributed by atoms with Crippen LogP contribution in [0.15, 0.2) is 0 Å². The molecule has 0 N–H and O–H groups in total. The van der Waals surface area contributed by atoms with Crippen LogP contribution in [-0.2, 0) is 4.52 Å². The van der Waals surface area contributed by atoms with Crippen LogP contribution in [0.4, 0.5) is 0 Å². The molecule has 0 aliphatic heterocycles. The highest BCUT2D eigenvalue weighted by molar-refractivity contribution is 7.33. The Balaban J connectivity index is 2.87. The number of hydrogen-bond donors (Lipinski definition) is 0. The topological polar surface area (TPSA) is 9.23 Å². The minimum absolute atomic E-state index is 0.701. The zero-order valence-electron chi connectivity index (χ0n) is 10.8. The molecule has 0 saturated heterocycles. The van der Waals surface area contributed by atoms with Gasteiger partial charge in [-0.15, -0.1) is 0 Å². The maximum absolute atomic E-state index is 5.57. The Morgan fingerprint density at radius 2 is 1.40 bits per heavy atom. The average Bonchev–Trinajstić information content (AvgIpc) is 2.20. The molecule has 0 aromatic rings. The van der Waals surface area contributed by atoms with Crippen molar-refractivity contribution in [1.82, 2.24) is 0 Å². The Labute approximate surface area is 98.2 Å². The molecule has 0 aromatic heterocycles. The van der Waals surface area contributed by atoms with E-state index < -0.39 is 0 Å². The molecule has 0 aliphatic rings. The van der Waals surface area contributed by atoms with Crippen LogP contribution < -0.4 is 0 Å². The number of rotatable bonds is 11. The summed E-state index contributed by atoms with van der Waals surface area (Å²) in [5.74, 6) is 0. The fraction of sp³-hybridized carbons (Fsp3) is 1.00. The van der Waals surface area contributed by atoms with Crippen LogP contribution in [0.5, 0.6) is 0 Å². The van der Waals surface area contributed by atoms with Gasteiger partial charge in [-0.2, -0.15) is 0 Å². The van der Waals surface area contributed by atoms with Crippen molar-refractivity contribution in [3.8, 4) is 0 Å². The van der Waals surface area contributed by atoms with E-state index in [1.54, 1.807) is 0 Å². The normalized spacial score (nSPS) is 12.0. The molecule has 92 valence electrons. The highest BCUT2D eigenvalue weighted by Gasteiger charge is 1.94. The van der Waals surface area contributed by atoms with Gasteiger partial charge in [-0.25, -0.2) is 0 Å². The van der Waals surface area contributed by atoms with Crippen molar-refractivity contribution in [2.75, 3.05) is 6.61 Å². The third-order valence-electron chi connectivity index (χ3n) is 2.42. The Kier molecular flexibility index (Phi) is 12.8. The van der Waals surface area contributed by atoms with E-state index in [0.29, 0.717) is 14.5 Å². The number of unbranched alkanes of at least 4 members (excludes halogenated alkanes) is 7. The first-order chi connectivity index (χ1) is 7.27. The summed E-state index contributed by atoms with van der Waals surface area (Å²) < 4.78 is 5.57. The van der Waals surface area contributed by atoms with Gasteiger partial charge in [0.1, 0.15) is 0 Å². The van der Waals surface area contributed by atoms with Crippen molar-refractivity contribution >= 4 is 8.81 Å². The lowest BCUT2D eigenvalue weighted by atomic mass is 10.1. The predicted octanol–water partition coefficient (Wildman–Crippen LogP) is 5.15. The van der Waals surface area contributed by atoms with Gasteiger partial charge in [-0.05, 0) is 12.1 Å². The maximum Gasteiger partial charge on any atom is 0.0505 e. The van der Waals surface area contributed by atoms with E-state index >= 15 is 0 Å². The summed E-state index contributed by atoms with van der Waals surface area (Å²) in [6, 6.07) is 0. The second-order valence-electron chi connectivity index (χ2n) is 4.60. The second kappa shape index (κ2) is 12.5. The van der Waals surface area contributed by atoms with Crippen molar-refractivity contribution in [1.29, 1.82) is 0 Å².